The fourth-order valence-corrected chi connectivity index (χ4v) is 3.87. The highest BCUT2D eigenvalue weighted by atomic mass is 16.4. The van der Waals surface area contributed by atoms with Gasteiger partial charge in [0, 0.05) is 19.0 Å². The van der Waals surface area contributed by atoms with Crippen LogP contribution in [-0.4, -0.2) is 52.5 Å². The first kappa shape index (κ1) is 17.0. The molecule has 3 rings (SSSR count). The molecule has 0 spiro atoms. The van der Waals surface area contributed by atoms with Crippen LogP contribution in [0.3, 0.4) is 0 Å². The van der Waals surface area contributed by atoms with Crippen LogP contribution in [0, 0.1) is 5.92 Å². The number of nitrogens with zero attached hydrogens (tertiary/aromatic N) is 2. The van der Waals surface area contributed by atoms with E-state index in [1.54, 1.807) is 4.90 Å². The number of hydrogen-bond donors (Lipinski definition) is 1. The van der Waals surface area contributed by atoms with Gasteiger partial charge in [-0.15, -0.1) is 0 Å². The fraction of sp³-hybridized carbons (Fsp3) is 0.579. The van der Waals surface area contributed by atoms with Gasteiger partial charge in [-0.3, -0.25) is 9.69 Å². The predicted molar refractivity (Wildman–Crippen MR) is 91.4 cm³/mol. The number of carbonyl (C=O) groups is 2. The molecule has 2 fully saturated rings. The van der Waals surface area contributed by atoms with E-state index in [0.29, 0.717) is 13.0 Å². The number of aliphatic carboxylic acids is 1. The van der Waals surface area contributed by atoms with Crippen molar-refractivity contribution in [3.8, 4) is 0 Å². The summed E-state index contributed by atoms with van der Waals surface area (Å²) in [6.45, 7) is 3.32. The molecule has 1 atom stereocenters. The van der Waals surface area contributed by atoms with E-state index in [1.165, 1.54) is 5.56 Å². The van der Waals surface area contributed by atoms with E-state index in [1.807, 2.05) is 18.2 Å². The van der Waals surface area contributed by atoms with Gasteiger partial charge < -0.3 is 10.0 Å². The van der Waals surface area contributed by atoms with Crippen molar-refractivity contribution in [2.24, 2.45) is 5.92 Å². The van der Waals surface area contributed by atoms with Gasteiger partial charge >= 0.3 is 5.97 Å². The SMILES string of the molecule is O=C(O)[C@H]1CCCCN1C(=O)C1CCN(Cc2ccccc2)CC1. The average Bonchev–Trinajstić information content (AvgIpc) is 2.62. The highest BCUT2D eigenvalue weighted by Crippen LogP contribution is 2.25. The Kier molecular flexibility index (Phi) is 5.51. The van der Waals surface area contributed by atoms with Crippen LogP contribution in [0.2, 0.25) is 0 Å². The number of carbonyl (C=O) groups excluding carboxylic acids is 1. The van der Waals surface area contributed by atoms with E-state index in [-0.39, 0.29) is 11.8 Å². The first-order valence-electron chi connectivity index (χ1n) is 8.94. The van der Waals surface area contributed by atoms with Crippen molar-refractivity contribution in [2.75, 3.05) is 19.6 Å². The van der Waals surface area contributed by atoms with Crippen LogP contribution >= 0.6 is 0 Å². The number of carboxylic acids is 1. The molecule has 0 unspecified atom stereocenters. The van der Waals surface area contributed by atoms with E-state index < -0.39 is 12.0 Å². The molecule has 0 bridgehead atoms. The molecule has 5 heteroatoms. The summed E-state index contributed by atoms with van der Waals surface area (Å²) in [5.41, 5.74) is 1.30. The number of amides is 1. The molecule has 1 aromatic carbocycles. The van der Waals surface area contributed by atoms with Crippen molar-refractivity contribution in [3.05, 3.63) is 35.9 Å². The summed E-state index contributed by atoms with van der Waals surface area (Å²) >= 11 is 0. The van der Waals surface area contributed by atoms with Crippen molar-refractivity contribution in [2.45, 2.75) is 44.7 Å². The number of likely N-dealkylation sites (tertiary alicyclic amines) is 2. The Morgan fingerprint density at radius 1 is 1.00 bits per heavy atom. The minimum absolute atomic E-state index is 0.0167. The molecular formula is C19H26N2O3. The second-order valence-electron chi connectivity index (χ2n) is 6.92. The van der Waals surface area contributed by atoms with Gasteiger partial charge in [0.1, 0.15) is 6.04 Å². The van der Waals surface area contributed by atoms with E-state index in [2.05, 4.69) is 17.0 Å². The van der Waals surface area contributed by atoms with Crippen molar-refractivity contribution < 1.29 is 14.7 Å². The molecule has 1 amide bonds. The summed E-state index contributed by atoms with van der Waals surface area (Å²) in [6.07, 6.45) is 4.07. The molecule has 2 aliphatic heterocycles. The lowest BCUT2D eigenvalue weighted by atomic mass is 9.92. The summed E-state index contributed by atoms with van der Waals surface area (Å²) in [5, 5.41) is 9.36. The molecule has 0 radical (unpaired) electrons. The topological polar surface area (TPSA) is 60.9 Å². The normalized spacial score (nSPS) is 23.2. The first-order chi connectivity index (χ1) is 11.6. The number of benzene rings is 1. The zero-order chi connectivity index (χ0) is 16.9. The third-order valence-corrected chi connectivity index (χ3v) is 5.26. The smallest absolute Gasteiger partial charge is 0.326 e. The van der Waals surface area contributed by atoms with Crippen molar-refractivity contribution in [1.29, 1.82) is 0 Å². The zero-order valence-electron chi connectivity index (χ0n) is 14.1. The molecule has 2 heterocycles. The molecule has 5 nitrogen and oxygen atoms in total. The van der Waals surface area contributed by atoms with Crippen LogP contribution < -0.4 is 0 Å². The van der Waals surface area contributed by atoms with Gasteiger partial charge in [-0.2, -0.15) is 0 Å². The monoisotopic (exact) mass is 330 g/mol. The van der Waals surface area contributed by atoms with Crippen LogP contribution in [0.4, 0.5) is 0 Å². The van der Waals surface area contributed by atoms with E-state index in [9.17, 15) is 14.7 Å². The van der Waals surface area contributed by atoms with Gasteiger partial charge in [0.05, 0.1) is 0 Å². The van der Waals surface area contributed by atoms with Crippen molar-refractivity contribution >= 4 is 11.9 Å². The Balaban J connectivity index is 1.54. The Morgan fingerprint density at radius 3 is 2.38 bits per heavy atom. The third kappa shape index (κ3) is 3.96. The second kappa shape index (κ2) is 7.79. The number of rotatable bonds is 4. The summed E-state index contributed by atoms with van der Waals surface area (Å²) < 4.78 is 0. The van der Waals surface area contributed by atoms with Gasteiger partial charge in [0.25, 0.3) is 0 Å². The average molecular weight is 330 g/mol. The first-order valence-corrected chi connectivity index (χ1v) is 8.94. The number of piperidine rings is 2. The van der Waals surface area contributed by atoms with Gasteiger partial charge in [-0.05, 0) is 50.8 Å². The van der Waals surface area contributed by atoms with Crippen molar-refractivity contribution in [1.82, 2.24) is 9.80 Å². The van der Waals surface area contributed by atoms with Gasteiger partial charge in [0.15, 0.2) is 0 Å². The molecule has 130 valence electrons. The standard InChI is InChI=1S/C19H26N2O3/c22-18(21-11-5-4-8-17(21)19(23)24)16-9-12-20(13-10-16)14-15-6-2-1-3-7-15/h1-3,6-7,16-17H,4-5,8-14H2,(H,23,24)/t17-/m1/s1. The van der Waals surface area contributed by atoms with E-state index in [4.69, 9.17) is 0 Å². The Hall–Kier alpha value is -1.88. The molecule has 0 aliphatic carbocycles. The Labute approximate surface area is 143 Å². The minimum Gasteiger partial charge on any atom is -0.480 e. The summed E-state index contributed by atoms with van der Waals surface area (Å²) in [7, 11) is 0. The Bertz CT molecular complexity index is 567. The molecular weight excluding hydrogens is 304 g/mol. The summed E-state index contributed by atoms with van der Waals surface area (Å²) in [5.74, 6) is -0.817. The lowest BCUT2D eigenvalue weighted by Gasteiger charge is -2.38. The maximum atomic E-state index is 12.8. The molecule has 0 aromatic heterocycles. The van der Waals surface area contributed by atoms with Gasteiger partial charge in [-0.1, -0.05) is 30.3 Å². The predicted octanol–water partition coefficient (Wildman–Crippen LogP) is 2.36. The van der Waals surface area contributed by atoms with Gasteiger partial charge in [0.2, 0.25) is 5.91 Å². The van der Waals surface area contributed by atoms with Crippen LogP contribution in [0.15, 0.2) is 30.3 Å². The highest BCUT2D eigenvalue weighted by molar-refractivity contribution is 5.85. The fourth-order valence-electron chi connectivity index (χ4n) is 3.87. The zero-order valence-corrected chi connectivity index (χ0v) is 14.1. The van der Waals surface area contributed by atoms with E-state index >= 15 is 0 Å². The van der Waals surface area contributed by atoms with Crippen LogP contribution in [0.5, 0.6) is 0 Å². The van der Waals surface area contributed by atoms with Crippen LogP contribution in [0.25, 0.3) is 0 Å². The second-order valence-corrected chi connectivity index (χ2v) is 6.92. The molecule has 2 aliphatic rings. The van der Waals surface area contributed by atoms with Crippen molar-refractivity contribution in [3.63, 3.8) is 0 Å². The molecule has 1 N–H and O–H groups in total. The summed E-state index contributed by atoms with van der Waals surface area (Å²) in [6, 6.07) is 9.76. The van der Waals surface area contributed by atoms with Crippen LogP contribution in [-0.2, 0) is 16.1 Å². The largest absolute Gasteiger partial charge is 0.480 e. The lowest BCUT2D eigenvalue weighted by molar-refractivity contribution is -0.154. The van der Waals surface area contributed by atoms with E-state index in [0.717, 1.165) is 45.3 Å². The lowest BCUT2D eigenvalue weighted by Crippen LogP contribution is -2.51. The quantitative estimate of drug-likeness (QED) is 0.921. The third-order valence-electron chi connectivity index (χ3n) is 5.26. The molecule has 24 heavy (non-hydrogen) atoms. The summed E-state index contributed by atoms with van der Waals surface area (Å²) in [4.78, 5) is 28.2. The maximum Gasteiger partial charge on any atom is 0.326 e. The van der Waals surface area contributed by atoms with Gasteiger partial charge in [-0.25, -0.2) is 4.79 Å². The Morgan fingerprint density at radius 2 is 1.71 bits per heavy atom. The maximum absolute atomic E-state index is 12.8. The molecule has 0 saturated carbocycles. The molecule has 2 saturated heterocycles. The van der Waals surface area contributed by atoms with Crippen LogP contribution in [0.1, 0.15) is 37.7 Å². The minimum atomic E-state index is -0.857. The number of hydrogen-bond acceptors (Lipinski definition) is 3. The highest BCUT2D eigenvalue weighted by Gasteiger charge is 2.36. The molecule has 1 aromatic rings. The number of carboxylic acid groups (broad SMARTS) is 1.